The van der Waals surface area contributed by atoms with E-state index >= 15 is 0 Å². The van der Waals surface area contributed by atoms with Crippen molar-refractivity contribution in [1.29, 1.82) is 0 Å². The number of anilines is 1. The van der Waals surface area contributed by atoms with Crippen molar-refractivity contribution in [3.8, 4) is 0 Å². The normalized spacial score (nSPS) is 16.6. The smallest absolute Gasteiger partial charge is 0.423 e. The predicted octanol–water partition coefficient (Wildman–Crippen LogP) is 3.76. The molecule has 8 heteroatoms. The maximum atomic E-state index is 13.1. The molecule has 0 radical (unpaired) electrons. The second kappa shape index (κ2) is 7.36. The molecule has 142 valence electrons. The number of carbonyl (C=O) groups is 1. The number of halogens is 3. The first kappa shape index (κ1) is 19.4. The van der Waals surface area contributed by atoms with Gasteiger partial charge in [-0.1, -0.05) is 32.0 Å². The van der Waals surface area contributed by atoms with Gasteiger partial charge in [-0.05, 0) is 47.6 Å². The van der Waals surface area contributed by atoms with Crippen molar-refractivity contribution >= 4 is 24.2 Å². The third kappa shape index (κ3) is 4.17. The molecule has 4 nitrogen and oxygen atoms in total. The Morgan fingerprint density at radius 3 is 2.63 bits per heavy atom. The van der Waals surface area contributed by atoms with Crippen molar-refractivity contribution in [3.05, 3.63) is 59.2 Å². The summed E-state index contributed by atoms with van der Waals surface area (Å²) in [5.41, 5.74) is 0.181. The molecule has 2 aromatic carbocycles. The molecule has 1 amide bonds. The molecule has 0 fully saturated rings. The van der Waals surface area contributed by atoms with Crippen LogP contribution in [-0.4, -0.2) is 18.0 Å². The Hall–Kier alpha value is -2.32. The minimum absolute atomic E-state index is 0.245. The molecule has 0 saturated heterocycles. The zero-order valence-electron chi connectivity index (χ0n) is 14.9. The Morgan fingerprint density at radius 1 is 1.26 bits per heavy atom. The minimum Gasteiger partial charge on any atom is -0.423 e. The molecule has 1 heterocycles. The predicted molar refractivity (Wildman–Crippen MR) is 96.7 cm³/mol. The van der Waals surface area contributed by atoms with Gasteiger partial charge in [0.05, 0.1) is 17.2 Å². The molecule has 3 rings (SSSR count). The lowest BCUT2D eigenvalue weighted by Crippen LogP contribution is -2.28. The van der Waals surface area contributed by atoms with Crippen molar-refractivity contribution < 1.29 is 27.6 Å². The molecule has 0 aliphatic carbocycles. The molecule has 1 aliphatic rings. The topological polar surface area (TPSA) is 58.6 Å². The SMILES string of the molecule is CC(C)CC1OB(O)c2cc(NC(=O)c3ccccc3C(F)(F)F)ccc21. The van der Waals surface area contributed by atoms with E-state index in [4.69, 9.17) is 4.65 Å². The van der Waals surface area contributed by atoms with E-state index in [-0.39, 0.29) is 6.10 Å². The molecule has 1 atom stereocenters. The van der Waals surface area contributed by atoms with E-state index in [1.54, 1.807) is 12.1 Å². The van der Waals surface area contributed by atoms with Gasteiger partial charge in [0.1, 0.15) is 0 Å². The van der Waals surface area contributed by atoms with Crippen LogP contribution < -0.4 is 10.8 Å². The van der Waals surface area contributed by atoms with Crippen LogP contribution in [0.25, 0.3) is 0 Å². The van der Waals surface area contributed by atoms with E-state index in [9.17, 15) is 23.0 Å². The van der Waals surface area contributed by atoms with Gasteiger partial charge in [-0.25, -0.2) is 0 Å². The van der Waals surface area contributed by atoms with Crippen LogP contribution in [0, 0.1) is 5.92 Å². The number of hydrogen-bond acceptors (Lipinski definition) is 3. The standard InChI is InChI=1S/C19H19BF3NO3/c1-11(2)9-17-14-8-7-12(10-16(14)20(26)27-17)24-18(25)13-5-3-4-6-15(13)19(21,22)23/h3-8,10-11,17,26H,9H2,1-2H3,(H,24,25). The van der Waals surface area contributed by atoms with Gasteiger partial charge < -0.3 is 15.0 Å². The van der Waals surface area contributed by atoms with E-state index in [0.717, 1.165) is 24.1 Å². The van der Waals surface area contributed by atoms with E-state index in [1.807, 2.05) is 13.8 Å². The van der Waals surface area contributed by atoms with Crippen LogP contribution >= 0.6 is 0 Å². The average molecular weight is 377 g/mol. The summed E-state index contributed by atoms with van der Waals surface area (Å²) >= 11 is 0. The number of nitrogens with one attached hydrogen (secondary N) is 1. The van der Waals surface area contributed by atoms with Crippen molar-refractivity contribution in [2.24, 2.45) is 5.92 Å². The highest BCUT2D eigenvalue weighted by Gasteiger charge is 2.36. The van der Waals surface area contributed by atoms with Gasteiger partial charge in [-0.2, -0.15) is 13.2 Å². The summed E-state index contributed by atoms with van der Waals surface area (Å²) in [6, 6.07) is 9.46. The number of hydrogen-bond donors (Lipinski definition) is 2. The first-order chi connectivity index (χ1) is 12.7. The lowest BCUT2D eigenvalue weighted by atomic mass is 9.78. The van der Waals surface area contributed by atoms with E-state index in [2.05, 4.69) is 5.32 Å². The van der Waals surface area contributed by atoms with Crippen LogP contribution in [0.1, 0.15) is 47.9 Å². The number of benzene rings is 2. The Kier molecular flexibility index (Phi) is 5.30. The van der Waals surface area contributed by atoms with Crippen LogP contribution in [0.5, 0.6) is 0 Å². The zero-order chi connectivity index (χ0) is 19.8. The van der Waals surface area contributed by atoms with Gasteiger partial charge in [0.2, 0.25) is 0 Å². The molecule has 27 heavy (non-hydrogen) atoms. The van der Waals surface area contributed by atoms with Crippen LogP contribution in [0.2, 0.25) is 0 Å². The summed E-state index contributed by atoms with van der Waals surface area (Å²) in [6.07, 6.45) is -4.14. The first-order valence-electron chi connectivity index (χ1n) is 8.61. The Morgan fingerprint density at radius 2 is 1.96 bits per heavy atom. The van der Waals surface area contributed by atoms with Crippen LogP contribution in [0.4, 0.5) is 18.9 Å². The Bertz CT molecular complexity index is 854. The number of carbonyl (C=O) groups excluding carboxylic acids is 1. The van der Waals surface area contributed by atoms with Crippen LogP contribution in [-0.2, 0) is 10.8 Å². The second-order valence-corrected chi connectivity index (χ2v) is 6.95. The average Bonchev–Trinajstić information content (AvgIpc) is 2.89. The third-order valence-electron chi connectivity index (χ3n) is 4.41. The number of rotatable bonds is 4. The monoisotopic (exact) mass is 377 g/mol. The van der Waals surface area contributed by atoms with Gasteiger partial charge in [0.15, 0.2) is 0 Å². The Balaban J connectivity index is 1.84. The summed E-state index contributed by atoms with van der Waals surface area (Å²) in [5, 5.41) is 12.6. The maximum Gasteiger partial charge on any atom is 0.492 e. The lowest BCUT2D eigenvalue weighted by molar-refractivity contribution is -0.137. The van der Waals surface area contributed by atoms with E-state index < -0.39 is 30.3 Å². The number of amides is 1. The molecule has 2 aromatic rings. The lowest BCUT2D eigenvalue weighted by Gasteiger charge is -2.15. The maximum absolute atomic E-state index is 13.1. The summed E-state index contributed by atoms with van der Waals surface area (Å²) in [7, 11) is -1.12. The number of alkyl halides is 3. The molecular formula is C19H19BF3NO3. The van der Waals surface area contributed by atoms with Gasteiger partial charge in [0, 0.05) is 5.69 Å². The largest absolute Gasteiger partial charge is 0.492 e. The summed E-state index contributed by atoms with van der Waals surface area (Å²) in [5.74, 6) is -0.499. The highest BCUT2D eigenvalue weighted by molar-refractivity contribution is 6.62. The minimum atomic E-state index is -4.63. The van der Waals surface area contributed by atoms with Crippen molar-refractivity contribution in [1.82, 2.24) is 0 Å². The first-order valence-corrected chi connectivity index (χ1v) is 8.61. The molecule has 0 aromatic heterocycles. The van der Waals surface area contributed by atoms with Crippen molar-refractivity contribution in [2.75, 3.05) is 5.32 Å². The number of fused-ring (bicyclic) bond motifs is 1. The fourth-order valence-corrected chi connectivity index (χ4v) is 3.20. The van der Waals surface area contributed by atoms with Crippen molar-refractivity contribution in [3.63, 3.8) is 0 Å². The molecule has 0 bridgehead atoms. The van der Waals surface area contributed by atoms with Gasteiger partial charge in [0.25, 0.3) is 5.91 Å². The molecule has 0 saturated carbocycles. The molecular weight excluding hydrogens is 358 g/mol. The van der Waals surface area contributed by atoms with Gasteiger partial charge >= 0.3 is 13.3 Å². The van der Waals surface area contributed by atoms with Crippen molar-refractivity contribution in [2.45, 2.75) is 32.5 Å². The highest BCUT2D eigenvalue weighted by Crippen LogP contribution is 2.33. The van der Waals surface area contributed by atoms with E-state index in [0.29, 0.717) is 17.1 Å². The fourth-order valence-electron chi connectivity index (χ4n) is 3.20. The molecule has 1 unspecified atom stereocenters. The summed E-state index contributed by atoms with van der Waals surface area (Å²) in [6.45, 7) is 4.08. The molecule has 2 N–H and O–H groups in total. The van der Waals surface area contributed by atoms with Gasteiger partial charge in [-0.3, -0.25) is 4.79 Å². The quantitative estimate of drug-likeness (QED) is 0.798. The van der Waals surface area contributed by atoms with Gasteiger partial charge in [-0.15, -0.1) is 0 Å². The third-order valence-corrected chi connectivity index (χ3v) is 4.41. The highest BCUT2D eigenvalue weighted by atomic mass is 19.4. The van der Waals surface area contributed by atoms with Crippen LogP contribution in [0.3, 0.4) is 0 Å². The second-order valence-electron chi connectivity index (χ2n) is 6.95. The summed E-state index contributed by atoms with van der Waals surface area (Å²) < 4.78 is 44.8. The molecule has 0 spiro atoms. The van der Waals surface area contributed by atoms with Crippen LogP contribution in [0.15, 0.2) is 42.5 Å². The van der Waals surface area contributed by atoms with E-state index in [1.165, 1.54) is 18.2 Å². The molecule has 1 aliphatic heterocycles. The Labute approximate surface area is 155 Å². The zero-order valence-corrected chi connectivity index (χ0v) is 14.9. The summed E-state index contributed by atoms with van der Waals surface area (Å²) in [4.78, 5) is 12.4. The fraction of sp³-hybridized carbons (Fsp3) is 0.316.